The highest BCUT2D eigenvalue weighted by Crippen LogP contribution is 2.27. The van der Waals surface area contributed by atoms with Crippen LogP contribution in [-0.2, 0) is 6.61 Å². The number of para-hydroxylation sites is 1. The lowest BCUT2D eigenvalue weighted by Crippen LogP contribution is -1.99. The summed E-state index contributed by atoms with van der Waals surface area (Å²) >= 11 is 5.06. The number of ether oxygens (including phenoxy) is 1. The summed E-state index contributed by atoms with van der Waals surface area (Å²) in [7, 11) is 0. The number of hydrogen-bond acceptors (Lipinski definition) is 3. The van der Waals surface area contributed by atoms with E-state index in [0.717, 1.165) is 20.7 Å². The Kier molecular flexibility index (Phi) is 4.20. The van der Waals surface area contributed by atoms with Crippen LogP contribution in [0.3, 0.4) is 0 Å². The lowest BCUT2D eigenvalue weighted by molar-refractivity contribution is 0.190. The van der Waals surface area contributed by atoms with Gasteiger partial charge in [0.05, 0.1) is 6.10 Å². The van der Waals surface area contributed by atoms with Crippen molar-refractivity contribution >= 4 is 27.3 Å². The first kappa shape index (κ1) is 12.6. The van der Waals surface area contributed by atoms with E-state index < -0.39 is 6.10 Å². The number of aliphatic hydroxyl groups is 1. The molecule has 0 aliphatic rings. The summed E-state index contributed by atoms with van der Waals surface area (Å²) in [5.41, 5.74) is 0.822. The number of rotatable bonds is 4. The highest BCUT2D eigenvalue weighted by molar-refractivity contribution is 9.10. The van der Waals surface area contributed by atoms with Gasteiger partial charge in [0.1, 0.15) is 12.4 Å². The second-order valence-electron chi connectivity index (χ2n) is 3.73. The predicted molar refractivity (Wildman–Crippen MR) is 73.4 cm³/mol. The third-order valence-electron chi connectivity index (χ3n) is 2.36. The molecular weight excluding hydrogens is 300 g/mol. The van der Waals surface area contributed by atoms with Crippen molar-refractivity contribution in [2.45, 2.75) is 19.6 Å². The Morgan fingerprint density at radius 1 is 1.41 bits per heavy atom. The maximum atomic E-state index is 9.62. The highest BCUT2D eigenvalue weighted by Gasteiger charge is 2.08. The predicted octanol–water partition coefficient (Wildman–Crippen LogP) is 4.14. The summed E-state index contributed by atoms with van der Waals surface area (Å²) in [6, 6.07) is 9.60. The molecule has 0 aliphatic heterocycles. The molecule has 1 aromatic heterocycles. The SMILES string of the molecule is C[C@@H](O)c1ccccc1OCc1cc(Br)cs1. The fourth-order valence-electron chi connectivity index (χ4n) is 1.54. The van der Waals surface area contributed by atoms with Crippen LogP contribution in [0.15, 0.2) is 40.2 Å². The normalized spacial score (nSPS) is 12.4. The first-order valence-electron chi connectivity index (χ1n) is 5.29. The molecule has 2 nitrogen and oxygen atoms in total. The van der Waals surface area contributed by atoms with Crippen molar-refractivity contribution in [1.82, 2.24) is 0 Å². The van der Waals surface area contributed by atoms with Gasteiger partial charge in [-0.3, -0.25) is 0 Å². The zero-order chi connectivity index (χ0) is 12.3. The Morgan fingerprint density at radius 2 is 2.18 bits per heavy atom. The van der Waals surface area contributed by atoms with Gasteiger partial charge in [-0.05, 0) is 35.0 Å². The molecule has 17 heavy (non-hydrogen) atoms. The molecule has 0 radical (unpaired) electrons. The Hall–Kier alpha value is -0.840. The van der Waals surface area contributed by atoms with E-state index in [-0.39, 0.29) is 0 Å². The smallest absolute Gasteiger partial charge is 0.125 e. The molecule has 0 spiro atoms. The van der Waals surface area contributed by atoms with E-state index >= 15 is 0 Å². The highest BCUT2D eigenvalue weighted by atomic mass is 79.9. The number of halogens is 1. The molecule has 2 aromatic rings. The molecule has 1 aromatic carbocycles. The van der Waals surface area contributed by atoms with Crippen LogP contribution < -0.4 is 4.74 Å². The van der Waals surface area contributed by atoms with Crippen LogP contribution in [0.2, 0.25) is 0 Å². The average Bonchev–Trinajstić information content (AvgIpc) is 2.73. The Morgan fingerprint density at radius 3 is 2.82 bits per heavy atom. The molecule has 0 amide bonds. The van der Waals surface area contributed by atoms with Crippen molar-refractivity contribution in [3.63, 3.8) is 0 Å². The molecule has 0 aliphatic carbocycles. The molecule has 1 atom stereocenters. The summed E-state index contributed by atoms with van der Waals surface area (Å²) in [6.45, 7) is 2.27. The molecule has 0 fully saturated rings. The van der Waals surface area contributed by atoms with Crippen molar-refractivity contribution in [1.29, 1.82) is 0 Å². The molecule has 4 heteroatoms. The van der Waals surface area contributed by atoms with Crippen molar-refractivity contribution in [3.8, 4) is 5.75 Å². The summed E-state index contributed by atoms with van der Waals surface area (Å²) in [4.78, 5) is 1.15. The van der Waals surface area contributed by atoms with Gasteiger partial charge >= 0.3 is 0 Å². The minimum Gasteiger partial charge on any atom is -0.488 e. The minimum atomic E-state index is -0.513. The zero-order valence-electron chi connectivity index (χ0n) is 9.39. The largest absolute Gasteiger partial charge is 0.488 e. The van der Waals surface area contributed by atoms with Crippen LogP contribution in [0.1, 0.15) is 23.5 Å². The lowest BCUT2D eigenvalue weighted by Gasteiger charge is -2.12. The standard InChI is InChI=1S/C13H13BrO2S/c1-9(15)12-4-2-3-5-13(12)16-7-11-6-10(14)8-17-11/h2-6,8-9,15H,7H2,1H3/t9-/m1/s1. The quantitative estimate of drug-likeness (QED) is 0.919. The van der Waals surface area contributed by atoms with Gasteiger partial charge in [-0.1, -0.05) is 18.2 Å². The number of aliphatic hydroxyl groups excluding tert-OH is 1. The molecule has 0 saturated heterocycles. The maximum Gasteiger partial charge on any atom is 0.125 e. The van der Waals surface area contributed by atoms with Gasteiger partial charge in [0, 0.05) is 20.3 Å². The third kappa shape index (κ3) is 3.31. The average molecular weight is 313 g/mol. The van der Waals surface area contributed by atoms with E-state index in [1.54, 1.807) is 18.3 Å². The van der Waals surface area contributed by atoms with Gasteiger partial charge < -0.3 is 9.84 Å². The fraction of sp³-hybridized carbons (Fsp3) is 0.231. The van der Waals surface area contributed by atoms with Crippen molar-refractivity contribution in [2.24, 2.45) is 0 Å². The Bertz CT molecular complexity index is 494. The van der Waals surface area contributed by atoms with E-state index in [9.17, 15) is 5.11 Å². The second kappa shape index (κ2) is 5.67. The fourth-order valence-corrected chi connectivity index (χ4v) is 2.90. The van der Waals surface area contributed by atoms with Crippen molar-refractivity contribution < 1.29 is 9.84 Å². The van der Waals surface area contributed by atoms with Gasteiger partial charge in [0.2, 0.25) is 0 Å². The molecular formula is C13H13BrO2S. The van der Waals surface area contributed by atoms with Crippen LogP contribution in [0.4, 0.5) is 0 Å². The van der Waals surface area contributed by atoms with Crippen LogP contribution in [0.25, 0.3) is 0 Å². The van der Waals surface area contributed by atoms with Gasteiger partial charge in [-0.25, -0.2) is 0 Å². The first-order chi connectivity index (χ1) is 8.16. The van der Waals surface area contributed by atoms with E-state index in [1.165, 1.54) is 0 Å². The van der Waals surface area contributed by atoms with E-state index in [1.807, 2.05) is 35.7 Å². The third-order valence-corrected chi connectivity index (χ3v) is 4.03. The second-order valence-corrected chi connectivity index (χ2v) is 5.65. The number of thiophene rings is 1. The molecule has 0 saturated carbocycles. The molecule has 1 N–H and O–H groups in total. The molecule has 90 valence electrons. The van der Waals surface area contributed by atoms with Gasteiger partial charge in [0.15, 0.2) is 0 Å². The lowest BCUT2D eigenvalue weighted by atomic mass is 10.1. The van der Waals surface area contributed by atoms with Crippen LogP contribution >= 0.6 is 27.3 Å². The van der Waals surface area contributed by atoms with Crippen LogP contribution in [0.5, 0.6) is 5.75 Å². The molecule has 2 rings (SSSR count). The summed E-state index contributed by atoms with van der Waals surface area (Å²) < 4.78 is 6.80. The number of benzene rings is 1. The minimum absolute atomic E-state index is 0.513. The number of hydrogen-bond donors (Lipinski definition) is 1. The summed E-state index contributed by atoms with van der Waals surface area (Å²) in [5.74, 6) is 0.743. The van der Waals surface area contributed by atoms with E-state index in [2.05, 4.69) is 15.9 Å². The summed E-state index contributed by atoms with van der Waals surface area (Å²) in [6.07, 6.45) is -0.513. The van der Waals surface area contributed by atoms with Crippen LogP contribution in [0, 0.1) is 0 Å². The van der Waals surface area contributed by atoms with Gasteiger partial charge in [-0.2, -0.15) is 0 Å². The van der Waals surface area contributed by atoms with Crippen LogP contribution in [-0.4, -0.2) is 5.11 Å². The Labute approximate surface area is 113 Å². The zero-order valence-corrected chi connectivity index (χ0v) is 11.8. The maximum absolute atomic E-state index is 9.62. The molecule has 1 heterocycles. The Balaban J connectivity index is 2.08. The molecule has 0 bridgehead atoms. The van der Waals surface area contributed by atoms with E-state index in [4.69, 9.17) is 4.74 Å². The van der Waals surface area contributed by atoms with E-state index in [0.29, 0.717) is 6.61 Å². The van der Waals surface area contributed by atoms with Gasteiger partial charge in [-0.15, -0.1) is 11.3 Å². The monoisotopic (exact) mass is 312 g/mol. The molecule has 0 unspecified atom stereocenters. The van der Waals surface area contributed by atoms with Crippen molar-refractivity contribution in [3.05, 3.63) is 50.6 Å². The first-order valence-corrected chi connectivity index (χ1v) is 6.97. The summed E-state index contributed by atoms with van der Waals surface area (Å²) in [5, 5.41) is 11.6. The topological polar surface area (TPSA) is 29.5 Å². The van der Waals surface area contributed by atoms with Crippen molar-refractivity contribution in [2.75, 3.05) is 0 Å². The van der Waals surface area contributed by atoms with Gasteiger partial charge in [0.25, 0.3) is 0 Å².